The van der Waals surface area contributed by atoms with Gasteiger partial charge in [0.1, 0.15) is 17.5 Å². The number of carbonyl (C=O) groups excluding carboxylic acids is 1. The minimum Gasteiger partial charge on any atom is -0.453 e. The van der Waals surface area contributed by atoms with Gasteiger partial charge in [0.2, 0.25) is 6.79 Å². The quantitative estimate of drug-likeness (QED) is 0.749. The molecule has 0 saturated carbocycles. The van der Waals surface area contributed by atoms with Crippen molar-refractivity contribution in [1.82, 2.24) is 10.3 Å². The van der Waals surface area contributed by atoms with Gasteiger partial charge in [0.25, 0.3) is 5.91 Å². The van der Waals surface area contributed by atoms with Crippen LogP contribution in [0, 0.1) is 17.0 Å². The van der Waals surface area contributed by atoms with E-state index in [0.29, 0.717) is 5.75 Å². The number of pyridine rings is 1. The van der Waals surface area contributed by atoms with Gasteiger partial charge in [-0.25, -0.2) is 13.8 Å². The van der Waals surface area contributed by atoms with Crippen LogP contribution in [0.15, 0.2) is 24.3 Å². The van der Waals surface area contributed by atoms with Gasteiger partial charge < -0.3 is 20.1 Å². The first-order valence-corrected chi connectivity index (χ1v) is 9.28. The highest BCUT2D eigenvalue weighted by Gasteiger charge is 2.31. The number of nitrogens with one attached hydrogen (secondary N) is 2. The molecule has 0 fully saturated rings. The Balaban J connectivity index is 1.89. The van der Waals surface area contributed by atoms with Crippen LogP contribution in [0.1, 0.15) is 51.5 Å². The standard InChI is InChI=1S/C21H25F2N3O3/c1-20(2,3)10-21(4,5)26-19(27)17-18-15(28-11-29-18)9-16(25-17)24-14-7-12(22)6-13(23)8-14/h6-9H,10-11H2,1-5H3,(H,24,25)(H,26,27). The fourth-order valence-electron chi connectivity index (χ4n) is 3.64. The summed E-state index contributed by atoms with van der Waals surface area (Å²) in [7, 11) is 0. The average molecular weight is 405 g/mol. The van der Waals surface area contributed by atoms with Crippen molar-refractivity contribution in [3.63, 3.8) is 0 Å². The summed E-state index contributed by atoms with van der Waals surface area (Å²) in [5.74, 6) is -1.10. The zero-order valence-electron chi connectivity index (χ0n) is 17.2. The molecule has 0 aliphatic carbocycles. The van der Waals surface area contributed by atoms with Gasteiger partial charge in [0.15, 0.2) is 17.2 Å². The predicted molar refractivity (Wildman–Crippen MR) is 106 cm³/mol. The van der Waals surface area contributed by atoms with Crippen LogP contribution in [0.2, 0.25) is 0 Å². The maximum Gasteiger partial charge on any atom is 0.274 e. The lowest BCUT2D eigenvalue weighted by atomic mass is 9.82. The largest absolute Gasteiger partial charge is 0.453 e. The fraction of sp³-hybridized carbons (Fsp3) is 0.429. The lowest BCUT2D eigenvalue weighted by Gasteiger charge is -2.33. The van der Waals surface area contributed by atoms with Gasteiger partial charge in [0.05, 0.1) is 0 Å². The van der Waals surface area contributed by atoms with Gasteiger partial charge >= 0.3 is 0 Å². The molecule has 0 unspecified atom stereocenters. The Morgan fingerprint density at radius 3 is 2.34 bits per heavy atom. The molecule has 156 valence electrons. The van der Waals surface area contributed by atoms with Crippen LogP contribution in [0.25, 0.3) is 0 Å². The third-order valence-corrected chi connectivity index (χ3v) is 4.13. The Morgan fingerprint density at radius 1 is 1.07 bits per heavy atom. The van der Waals surface area contributed by atoms with Gasteiger partial charge in [0, 0.05) is 23.4 Å². The second-order valence-corrected chi connectivity index (χ2v) is 8.95. The molecular formula is C21H25F2N3O3. The van der Waals surface area contributed by atoms with Crippen LogP contribution in [-0.2, 0) is 0 Å². The van der Waals surface area contributed by atoms with Crippen LogP contribution in [-0.4, -0.2) is 23.2 Å². The van der Waals surface area contributed by atoms with E-state index >= 15 is 0 Å². The number of nitrogens with zero attached hydrogens (tertiary/aromatic N) is 1. The number of carbonyl (C=O) groups is 1. The van der Waals surface area contributed by atoms with Crippen molar-refractivity contribution in [2.75, 3.05) is 12.1 Å². The summed E-state index contributed by atoms with van der Waals surface area (Å²) in [5, 5.41) is 5.79. The van der Waals surface area contributed by atoms with Gasteiger partial charge in [-0.15, -0.1) is 0 Å². The Kier molecular flexibility index (Phi) is 5.38. The number of fused-ring (bicyclic) bond motifs is 1. The summed E-state index contributed by atoms with van der Waals surface area (Å²) in [6.07, 6.45) is 0.742. The number of halogens is 2. The molecule has 1 aliphatic rings. The normalized spacial score (nSPS) is 13.3. The van der Waals surface area contributed by atoms with E-state index in [1.807, 2.05) is 13.8 Å². The van der Waals surface area contributed by atoms with Gasteiger partial charge in [-0.1, -0.05) is 20.8 Å². The molecule has 1 amide bonds. The topological polar surface area (TPSA) is 72.5 Å². The average Bonchev–Trinajstić information content (AvgIpc) is 2.98. The molecule has 2 aromatic rings. The van der Waals surface area contributed by atoms with E-state index in [1.54, 1.807) is 0 Å². The molecule has 1 aliphatic heterocycles. The van der Waals surface area contributed by atoms with Crippen molar-refractivity contribution in [3.8, 4) is 11.5 Å². The molecule has 2 heterocycles. The Hall–Kier alpha value is -2.90. The first-order chi connectivity index (χ1) is 13.4. The highest BCUT2D eigenvalue weighted by Crippen LogP contribution is 2.38. The highest BCUT2D eigenvalue weighted by molar-refractivity contribution is 5.97. The zero-order valence-corrected chi connectivity index (χ0v) is 17.2. The van der Waals surface area contributed by atoms with E-state index in [2.05, 4.69) is 36.4 Å². The van der Waals surface area contributed by atoms with Crippen molar-refractivity contribution >= 4 is 17.4 Å². The SMILES string of the molecule is CC(C)(C)CC(C)(C)NC(=O)c1nc(Nc2cc(F)cc(F)c2)cc2c1OCO2. The molecule has 0 saturated heterocycles. The molecule has 2 N–H and O–H groups in total. The van der Waals surface area contributed by atoms with Crippen LogP contribution in [0.5, 0.6) is 11.5 Å². The number of anilines is 2. The Morgan fingerprint density at radius 2 is 1.72 bits per heavy atom. The smallest absolute Gasteiger partial charge is 0.274 e. The minimum atomic E-state index is -0.727. The van der Waals surface area contributed by atoms with E-state index in [0.717, 1.165) is 24.6 Å². The molecule has 0 atom stereocenters. The third kappa shape index (κ3) is 5.34. The summed E-state index contributed by atoms with van der Waals surface area (Å²) in [6, 6.07) is 4.54. The number of amides is 1. The van der Waals surface area contributed by atoms with Crippen LogP contribution in [0.4, 0.5) is 20.3 Å². The monoisotopic (exact) mass is 405 g/mol. The maximum atomic E-state index is 13.5. The lowest BCUT2D eigenvalue weighted by molar-refractivity contribution is 0.0881. The molecule has 0 radical (unpaired) electrons. The van der Waals surface area contributed by atoms with Gasteiger partial charge in [-0.05, 0) is 37.8 Å². The van der Waals surface area contributed by atoms with Gasteiger partial charge in [-0.3, -0.25) is 4.79 Å². The third-order valence-electron chi connectivity index (χ3n) is 4.13. The van der Waals surface area contributed by atoms with E-state index in [-0.39, 0.29) is 35.2 Å². The number of benzene rings is 1. The van der Waals surface area contributed by atoms with Crippen molar-refractivity contribution in [2.45, 2.75) is 46.6 Å². The number of ether oxygens (including phenoxy) is 2. The van der Waals surface area contributed by atoms with Crippen molar-refractivity contribution in [2.24, 2.45) is 5.41 Å². The number of hydrogen-bond acceptors (Lipinski definition) is 5. The van der Waals surface area contributed by atoms with Crippen molar-refractivity contribution in [3.05, 3.63) is 41.6 Å². The molecule has 1 aromatic heterocycles. The van der Waals surface area contributed by atoms with Crippen molar-refractivity contribution < 1.29 is 23.0 Å². The minimum absolute atomic E-state index is 0.0105. The summed E-state index contributed by atoms with van der Waals surface area (Å²) in [4.78, 5) is 17.3. The number of rotatable bonds is 5. The van der Waals surface area contributed by atoms with Crippen LogP contribution in [0.3, 0.4) is 0 Å². The van der Waals surface area contributed by atoms with E-state index in [4.69, 9.17) is 9.47 Å². The highest BCUT2D eigenvalue weighted by atomic mass is 19.1. The summed E-state index contributed by atoms with van der Waals surface area (Å²) in [6.45, 7) is 10.1. The first kappa shape index (κ1) is 20.8. The predicted octanol–water partition coefficient (Wildman–Crippen LogP) is 4.78. The second kappa shape index (κ2) is 7.50. The van der Waals surface area contributed by atoms with E-state index in [9.17, 15) is 13.6 Å². The lowest BCUT2D eigenvalue weighted by Crippen LogP contribution is -2.46. The van der Waals surface area contributed by atoms with Crippen LogP contribution >= 0.6 is 0 Å². The summed E-state index contributed by atoms with van der Waals surface area (Å²) >= 11 is 0. The first-order valence-electron chi connectivity index (χ1n) is 9.28. The molecule has 6 nitrogen and oxygen atoms in total. The second-order valence-electron chi connectivity index (χ2n) is 8.95. The van der Waals surface area contributed by atoms with E-state index in [1.165, 1.54) is 6.07 Å². The molecular weight excluding hydrogens is 380 g/mol. The van der Waals surface area contributed by atoms with Crippen molar-refractivity contribution in [1.29, 1.82) is 0 Å². The number of hydrogen-bond donors (Lipinski definition) is 2. The summed E-state index contributed by atoms with van der Waals surface area (Å²) < 4.78 is 37.8. The van der Waals surface area contributed by atoms with Crippen LogP contribution < -0.4 is 20.1 Å². The van der Waals surface area contributed by atoms with Gasteiger partial charge in [-0.2, -0.15) is 0 Å². The molecule has 0 bridgehead atoms. The number of aromatic nitrogens is 1. The Bertz CT molecular complexity index is 919. The Labute approximate surface area is 168 Å². The molecule has 29 heavy (non-hydrogen) atoms. The molecule has 3 rings (SSSR count). The summed E-state index contributed by atoms with van der Waals surface area (Å²) in [5.41, 5.74) is -0.274. The maximum absolute atomic E-state index is 13.5. The molecule has 1 aromatic carbocycles. The molecule has 0 spiro atoms. The fourth-order valence-corrected chi connectivity index (χ4v) is 3.64. The molecule has 8 heteroatoms. The van der Waals surface area contributed by atoms with E-state index < -0.39 is 23.1 Å². The zero-order chi connectivity index (χ0) is 21.4.